The maximum absolute atomic E-state index is 5.43. The molecule has 0 aliphatic carbocycles. The van der Waals surface area contributed by atoms with Crippen LogP contribution in [0.4, 0.5) is 0 Å². The molecule has 0 aromatic heterocycles. The Labute approximate surface area is 92.9 Å². The molecule has 1 heterocycles. The summed E-state index contributed by atoms with van der Waals surface area (Å²) >= 11 is 0. The van der Waals surface area contributed by atoms with Gasteiger partial charge in [-0.05, 0) is 35.4 Å². The van der Waals surface area contributed by atoms with Gasteiger partial charge in [0.05, 0.1) is 20.3 Å². The molecule has 15 heavy (non-hydrogen) atoms. The van der Waals surface area contributed by atoms with Gasteiger partial charge < -0.3 is 9.47 Å². The van der Waals surface area contributed by atoms with Gasteiger partial charge in [-0.25, -0.2) is 10.0 Å². The molecule has 2 rings (SSSR count). The fraction of sp³-hybridized carbons (Fsp3) is 0.500. The first-order valence-electron chi connectivity index (χ1n) is 5.20. The van der Waals surface area contributed by atoms with E-state index in [4.69, 9.17) is 9.47 Å². The minimum atomic E-state index is -0.624. The van der Waals surface area contributed by atoms with Crippen molar-refractivity contribution in [1.29, 1.82) is 0 Å². The van der Waals surface area contributed by atoms with Crippen molar-refractivity contribution < 1.29 is 9.47 Å². The molecular formula is C12H18O2S. The summed E-state index contributed by atoms with van der Waals surface area (Å²) < 4.78 is 10.6. The molecule has 0 N–H and O–H groups in total. The molecule has 2 nitrogen and oxygen atoms in total. The highest BCUT2D eigenvalue weighted by molar-refractivity contribution is 8.33. The third-order valence-electron chi connectivity index (χ3n) is 2.98. The van der Waals surface area contributed by atoms with Crippen LogP contribution < -0.4 is 4.74 Å². The molecule has 1 aromatic rings. The fourth-order valence-electron chi connectivity index (χ4n) is 1.83. The van der Waals surface area contributed by atoms with Gasteiger partial charge in [0, 0.05) is 11.5 Å². The second kappa shape index (κ2) is 4.45. The molecule has 1 aliphatic heterocycles. The monoisotopic (exact) mass is 226 g/mol. The van der Waals surface area contributed by atoms with Gasteiger partial charge in [-0.3, -0.25) is 0 Å². The Hall–Kier alpha value is -0.670. The summed E-state index contributed by atoms with van der Waals surface area (Å²) in [6.07, 6.45) is 2.40. The van der Waals surface area contributed by atoms with Gasteiger partial charge in [-0.2, -0.15) is 0 Å². The highest BCUT2D eigenvalue weighted by Gasteiger charge is 2.23. The number of hydrogen-bond donors (Lipinski definition) is 0. The van der Waals surface area contributed by atoms with E-state index in [0.29, 0.717) is 0 Å². The van der Waals surface area contributed by atoms with E-state index in [9.17, 15) is 0 Å². The number of ether oxygens (including phenoxy) is 2. The smallest absolute Gasteiger partial charge is 0.118 e. The molecule has 0 unspecified atom stereocenters. The van der Waals surface area contributed by atoms with Crippen molar-refractivity contribution in [3.05, 3.63) is 24.3 Å². The van der Waals surface area contributed by atoms with Crippen LogP contribution in [-0.2, 0) is 4.74 Å². The average Bonchev–Trinajstić information content (AvgIpc) is 2.30. The van der Waals surface area contributed by atoms with Crippen molar-refractivity contribution in [2.75, 3.05) is 38.1 Å². The van der Waals surface area contributed by atoms with E-state index in [1.54, 1.807) is 7.11 Å². The predicted molar refractivity (Wildman–Crippen MR) is 65.3 cm³/mol. The molecule has 0 saturated carbocycles. The minimum absolute atomic E-state index is 0.624. The van der Waals surface area contributed by atoms with Gasteiger partial charge in [0.15, 0.2) is 0 Å². The van der Waals surface area contributed by atoms with E-state index >= 15 is 0 Å². The van der Waals surface area contributed by atoms with Gasteiger partial charge in [-0.1, -0.05) is 0 Å². The third-order valence-corrected chi connectivity index (χ3v) is 6.53. The fourth-order valence-corrected chi connectivity index (χ4v) is 4.27. The normalized spacial score (nSPS) is 22.0. The lowest BCUT2D eigenvalue weighted by Crippen LogP contribution is -2.22. The van der Waals surface area contributed by atoms with Crippen LogP contribution in [0, 0.1) is 0 Å². The number of hydrogen-bond acceptors (Lipinski definition) is 2. The van der Waals surface area contributed by atoms with Crippen LogP contribution in [0.3, 0.4) is 0 Å². The molecule has 0 atom stereocenters. The van der Waals surface area contributed by atoms with E-state index in [-0.39, 0.29) is 0 Å². The Morgan fingerprint density at radius 1 is 1.13 bits per heavy atom. The quantitative estimate of drug-likeness (QED) is 0.771. The topological polar surface area (TPSA) is 18.5 Å². The van der Waals surface area contributed by atoms with Crippen molar-refractivity contribution in [3.8, 4) is 5.75 Å². The second-order valence-corrected chi connectivity index (χ2v) is 7.81. The maximum atomic E-state index is 5.43. The molecule has 0 bridgehead atoms. The summed E-state index contributed by atoms with van der Waals surface area (Å²) in [6, 6.07) is 8.53. The molecule has 0 amide bonds. The van der Waals surface area contributed by atoms with Gasteiger partial charge in [0.1, 0.15) is 5.75 Å². The molecule has 84 valence electrons. The summed E-state index contributed by atoms with van der Waals surface area (Å²) in [5, 5.41) is 0. The molecule has 1 aromatic carbocycles. The molecule has 1 saturated heterocycles. The third kappa shape index (κ3) is 2.29. The van der Waals surface area contributed by atoms with Gasteiger partial charge >= 0.3 is 0 Å². The van der Waals surface area contributed by atoms with Gasteiger partial charge in [0.2, 0.25) is 0 Å². The van der Waals surface area contributed by atoms with Gasteiger partial charge in [0.25, 0.3) is 0 Å². The summed E-state index contributed by atoms with van der Waals surface area (Å²) in [5.74, 6) is 3.33. The van der Waals surface area contributed by atoms with Crippen LogP contribution in [0.5, 0.6) is 5.75 Å². The number of benzene rings is 1. The van der Waals surface area contributed by atoms with Crippen LogP contribution >= 0.6 is 10.0 Å². The van der Waals surface area contributed by atoms with E-state index in [1.165, 1.54) is 16.4 Å². The zero-order chi connectivity index (χ0) is 10.7. The minimum Gasteiger partial charge on any atom is -0.497 e. The van der Waals surface area contributed by atoms with Crippen molar-refractivity contribution in [3.63, 3.8) is 0 Å². The van der Waals surface area contributed by atoms with Crippen molar-refractivity contribution in [1.82, 2.24) is 0 Å². The van der Waals surface area contributed by atoms with Crippen molar-refractivity contribution in [2.45, 2.75) is 4.90 Å². The predicted octanol–water partition coefficient (Wildman–Crippen LogP) is 2.52. The molecular weight excluding hydrogens is 208 g/mol. The van der Waals surface area contributed by atoms with Crippen LogP contribution in [-0.4, -0.2) is 38.1 Å². The molecule has 0 spiro atoms. The van der Waals surface area contributed by atoms with Crippen molar-refractivity contribution in [2.24, 2.45) is 0 Å². The molecule has 1 aliphatic rings. The Kier molecular flexibility index (Phi) is 3.22. The Bertz CT molecular complexity index is 315. The van der Waals surface area contributed by atoms with Crippen molar-refractivity contribution >= 4 is 10.0 Å². The SMILES string of the molecule is COc1ccc(S2(C)CCOCC2)cc1. The van der Waals surface area contributed by atoms with Gasteiger partial charge in [-0.15, -0.1) is 0 Å². The largest absolute Gasteiger partial charge is 0.497 e. The van der Waals surface area contributed by atoms with Crippen LogP contribution in [0.25, 0.3) is 0 Å². The first-order chi connectivity index (χ1) is 7.24. The maximum Gasteiger partial charge on any atom is 0.118 e. The second-order valence-electron chi connectivity index (χ2n) is 3.97. The lowest BCUT2D eigenvalue weighted by Gasteiger charge is -2.39. The highest BCUT2D eigenvalue weighted by atomic mass is 32.3. The van der Waals surface area contributed by atoms with E-state index in [0.717, 1.165) is 19.0 Å². The zero-order valence-corrected chi connectivity index (χ0v) is 10.2. The lowest BCUT2D eigenvalue weighted by molar-refractivity contribution is 0.159. The standard InChI is InChI=1S/C12H18O2S/c1-13-11-3-5-12(6-4-11)15(2)9-7-14-8-10-15/h3-6H,7-10H2,1-2H3. The Balaban J connectivity index is 2.20. The molecule has 0 radical (unpaired) electrons. The van der Waals surface area contributed by atoms with E-state index in [1.807, 2.05) is 0 Å². The average molecular weight is 226 g/mol. The first kappa shape index (κ1) is 10.8. The highest BCUT2D eigenvalue weighted by Crippen LogP contribution is 2.53. The van der Waals surface area contributed by atoms with Crippen LogP contribution in [0.2, 0.25) is 0 Å². The summed E-state index contributed by atoms with van der Waals surface area (Å²) in [7, 11) is 1.08. The van der Waals surface area contributed by atoms with Crippen LogP contribution in [0.15, 0.2) is 29.2 Å². The van der Waals surface area contributed by atoms with Crippen LogP contribution in [0.1, 0.15) is 0 Å². The Morgan fingerprint density at radius 2 is 1.73 bits per heavy atom. The number of rotatable bonds is 2. The first-order valence-corrected chi connectivity index (χ1v) is 7.58. The zero-order valence-electron chi connectivity index (χ0n) is 9.36. The summed E-state index contributed by atoms with van der Waals surface area (Å²) in [5.41, 5.74) is 0. The summed E-state index contributed by atoms with van der Waals surface area (Å²) in [4.78, 5) is 1.48. The Morgan fingerprint density at radius 3 is 2.27 bits per heavy atom. The molecule has 3 heteroatoms. The molecule has 1 fully saturated rings. The van der Waals surface area contributed by atoms with E-state index in [2.05, 4.69) is 30.5 Å². The lowest BCUT2D eigenvalue weighted by atomic mass is 10.3. The summed E-state index contributed by atoms with van der Waals surface area (Å²) in [6.45, 7) is 1.83. The number of methoxy groups -OCH3 is 1. The van der Waals surface area contributed by atoms with E-state index < -0.39 is 10.0 Å².